The molecule has 0 fully saturated rings. The van der Waals surface area contributed by atoms with Crippen LogP contribution in [-0.2, 0) is 25.7 Å². The Labute approximate surface area is 270 Å². The third kappa shape index (κ3) is 2.65. The Morgan fingerprint density at radius 2 is 1.49 bits per heavy atom. The van der Waals surface area contributed by atoms with Crippen LogP contribution in [0.1, 0.15) is 73.4 Å². The molecule has 6 aromatic carbocycles. The predicted octanol–water partition coefficient (Wildman–Crippen LogP) is 9.47. The number of carbonyl (C=O) groups is 1. The average Bonchev–Trinajstić information content (AvgIpc) is 3.66. The third-order valence-electron chi connectivity index (χ3n) is 12.4. The lowest BCUT2D eigenvalue weighted by Crippen LogP contribution is -2.26. The van der Waals surface area contributed by atoms with E-state index in [0.29, 0.717) is 12.8 Å². The van der Waals surface area contributed by atoms with Crippen molar-refractivity contribution in [1.82, 2.24) is 4.57 Å². The minimum Gasteiger partial charge on any atom is -0.300 e. The van der Waals surface area contributed by atoms with E-state index in [-0.39, 0.29) is 17.4 Å². The van der Waals surface area contributed by atoms with Crippen LogP contribution in [0.4, 0.5) is 0 Å². The van der Waals surface area contributed by atoms with Gasteiger partial charge in [0, 0.05) is 39.5 Å². The molecule has 3 nitrogen and oxygen atoms in total. The summed E-state index contributed by atoms with van der Waals surface area (Å²) >= 11 is 0. The number of carbonyl (C=O) groups excluding carboxylic acids is 1. The molecular weight excluding hydrogens is 574 g/mol. The lowest BCUT2D eigenvalue weighted by Gasteiger charge is -2.26. The zero-order chi connectivity index (χ0) is 31.2. The molecule has 47 heavy (non-hydrogen) atoms. The predicted molar refractivity (Wildman–Crippen MR) is 191 cm³/mol. The first-order valence-electron chi connectivity index (χ1n) is 17.0. The summed E-state index contributed by atoms with van der Waals surface area (Å²) in [6.07, 6.45) is 9.68. The molecule has 0 N–H and O–H groups in total. The number of hydrogen-bond acceptors (Lipinski definition) is 2. The summed E-state index contributed by atoms with van der Waals surface area (Å²) in [5, 5.41) is 8.09. The van der Waals surface area contributed by atoms with Crippen molar-refractivity contribution in [2.75, 3.05) is 0 Å². The fourth-order valence-corrected chi connectivity index (χ4v) is 10.3. The Morgan fingerprint density at radius 3 is 2.36 bits per heavy atom. The fraction of sp³-hybridized carbons (Fsp3) is 0.182. The van der Waals surface area contributed by atoms with E-state index in [2.05, 4.69) is 92.1 Å². The van der Waals surface area contributed by atoms with Gasteiger partial charge in [0.15, 0.2) is 5.78 Å². The van der Waals surface area contributed by atoms with E-state index in [1.165, 1.54) is 65.9 Å². The molecule has 0 radical (unpaired) electrons. The summed E-state index contributed by atoms with van der Waals surface area (Å²) in [4.78, 5) is 30.2. The summed E-state index contributed by atoms with van der Waals surface area (Å²) < 4.78 is 2.12. The topological polar surface area (TPSA) is 39.1 Å². The van der Waals surface area contributed by atoms with Crippen LogP contribution in [-0.4, -0.2) is 10.4 Å². The number of Topliss-reactive ketones (excluding diaryl/α,β-unsaturated/α-hetero) is 1. The van der Waals surface area contributed by atoms with Crippen LogP contribution in [0, 0.1) is 13.8 Å². The van der Waals surface area contributed by atoms with Crippen molar-refractivity contribution in [2.45, 2.75) is 52.5 Å². The highest BCUT2D eigenvalue weighted by Gasteiger charge is 2.41. The van der Waals surface area contributed by atoms with Gasteiger partial charge in [-0.05, 0) is 123 Å². The van der Waals surface area contributed by atoms with Gasteiger partial charge in [0.05, 0.1) is 16.9 Å². The highest BCUT2D eigenvalue weighted by molar-refractivity contribution is 6.41. The van der Waals surface area contributed by atoms with E-state index in [0.717, 1.165) is 73.6 Å². The minimum absolute atomic E-state index is 0.0608. The molecule has 1 aromatic heterocycles. The normalized spacial score (nSPS) is 17.7. The number of allylic oxidation sites excluding steroid dienone is 3. The number of aryl methyl sites for hydroxylation is 2. The molecule has 5 aliphatic carbocycles. The van der Waals surface area contributed by atoms with E-state index in [1.54, 1.807) is 0 Å². The van der Waals surface area contributed by atoms with E-state index in [1.807, 2.05) is 0 Å². The molecular formula is C44H29NO2. The molecule has 1 atom stereocenters. The van der Waals surface area contributed by atoms with Crippen molar-refractivity contribution in [3.63, 3.8) is 0 Å². The largest absolute Gasteiger partial charge is 0.300 e. The van der Waals surface area contributed by atoms with Crippen LogP contribution in [0.2, 0.25) is 0 Å². The third-order valence-corrected chi connectivity index (χ3v) is 12.4. The maximum Gasteiger partial charge on any atom is 0.260 e. The SMILES string of the molecule is Cc1ccc(C(C)n2c(=O)c3c4c5c6c7cc8c5c5c(cc9ccc(c2c9c35)C/C=C2\Cc3cc(c-6c-4c3C2=O)C=CC7)C8)cc1C. The number of benzene rings is 6. The molecule has 0 saturated heterocycles. The first-order chi connectivity index (χ1) is 22.9. The second-order valence-electron chi connectivity index (χ2n) is 14.7. The summed E-state index contributed by atoms with van der Waals surface area (Å²) in [6.45, 7) is 6.49. The van der Waals surface area contributed by atoms with Crippen molar-refractivity contribution in [2.24, 2.45) is 0 Å². The molecule has 2 heterocycles. The second kappa shape index (κ2) is 7.81. The average molecular weight is 604 g/mol. The molecule has 0 saturated carbocycles. The van der Waals surface area contributed by atoms with Gasteiger partial charge in [0.2, 0.25) is 0 Å². The van der Waals surface area contributed by atoms with E-state index < -0.39 is 0 Å². The minimum atomic E-state index is -0.175. The number of pyridine rings is 1. The molecule has 7 aromatic rings. The molecule has 0 spiro atoms. The Balaban J connectivity index is 1.41. The molecule has 6 aliphatic rings. The molecule has 1 unspecified atom stereocenters. The van der Waals surface area contributed by atoms with Crippen LogP contribution in [0.3, 0.4) is 0 Å². The molecule has 13 rings (SSSR count). The van der Waals surface area contributed by atoms with Gasteiger partial charge in [-0.2, -0.15) is 0 Å². The fourth-order valence-electron chi connectivity index (χ4n) is 10.3. The van der Waals surface area contributed by atoms with Crippen molar-refractivity contribution in [3.05, 3.63) is 132 Å². The van der Waals surface area contributed by atoms with Gasteiger partial charge >= 0.3 is 0 Å². The van der Waals surface area contributed by atoms with Gasteiger partial charge in [-0.3, -0.25) is 9.59 Å². The second-order valence-corrected chi connectivity index (χ2v) is 14.7. The van der Waals surface area contributed by atoms with Crippen molar-refractivity contribution >= 4 is 55.1 Å². The number of ketones is 1. The highest BCUT2D eigenvalue weighted by atomic mass is 16.1. The quantitative estimate of drug-likeness (QED) is 0.146. The van der Waals surface area contributed by atoms with Crippen molar-refractivity contribution in [3.8, 4) is 22.3 Å². The zero-order valence-corrected chi connectivity index (χ0v) is 26.5. The van der Waals surface area contributed by atoms with E-state index in [9.17, 15) is 4.79 Å². The molecule has 222 valence electrons. The van der Waals surface area contributed by atoms with Crippen LogP contribution in [0.15, 0.2) is 71.1 Å². The first-order valence-corrected chi connectivity index (χ1v) is 17.0. The molecule has 1 aliphatic heterocycles. The smallest absolute Gasteiger partial charge is 0.260 e. The Bertz CT molecular complexity index is 2910. The molecule has 0 amide bonds. The van der Waals surface area contributed by atoms with E-state index >= 15 is 4.79 Å². The highest BCUT2D eigenvalue weighted by Crippen LogP contribution is 2.61. The molecule has 8 bridgehead atoms. The summed E-state index contributed by atoms with van der Waals surface area (Å²) in [7, 11) is 0. The number of fused-ring (bicyclic) bond motifs is 2. The Kier molecular flexibility index (Phi) is 4.13. The van der Waals surface area contributed by atoms with Crippen LogP contribution in [0.5, 0.6) is 0 Å². The maximum atomic E-state index is 15.7. The van der Waals surface area contributed by atoms with E-state index in [4.69, 9.17) is 0 Å². The number of nitrogens with zero attached hydrogens (tertiary/aromatic N) is 1. The lowest BCUT2D eigenvalue weighted by atomic mass is 9.85. The van der Waals surface area contributed by atoms with Gasteiger partial charge in [0.1, 0.15) is 0 Å². The first kappa shape index (κ1) is 24.9. The van der Waals surface area contributed by atoms with Crippen molar-refractivity contribution in [1.29, 1.82) is 0 Å². The summed E-state index contributed by atoms with van der Waals surface area (Å²) in [5.74, 6) is 0.139. The Hall–Kier alpha value is -5.28. The van der Waals surface area contributed by atoms with Gasteiger partial charge in [0.25, 0.3) is 5.56 Å². The van der Waals surface area contributed by atoms with Gasteiger partial charge in [-0.1, -0.05) is 66.8 Å². The van der Waals surface area contributed by atoms with Gasteiger partial charge < -0.3 is 4.57 Å². The monoisotopic (exact) mass is 603 g/mol. The number of rotatable bonds is 2. The molecule has 3 heteroatoms. The summed E-state index contributed by atoms with van der Waals surface area (Å²) in [6, 6.07) is 18.0. The zero-order valence-electron chi connectivity index (χ0n) is 26.5. The number of hydrogen-bond donors (Lipinski definition) is 0. The lowest BCUT2D eigenvalue weighted by molar-refractivity contribution is 0.104. The van der Waals surface area contributed by atoms with Crippen LogP contribution in [0.25, 0.3) is 71.6 Å². The van der Waals surface area contributed by atoms with Crippen LogP contribution < -0.4 is 5.56 Å². The van der Waals surface area contributed by atoms with Gasteiger partial charge in [-0.25, -0.2) is 0 Å². The Morgan fingerprint density at radius 1 is 0.638 bits per heavy atom. The number of aromatic nitrogens is 1. The van der Waals surface area contributed by atoms with Crippen molar-refractivity contribution < 1.29 is 4.79 Å². The maximum absolute atomic E-state index is 15.7. The van der Waals surface area contributed by atoms with Crippen LogP contribution >= 0.6 is 0 Å². The standard InChI is InChI=1S/C44H29NO2/c1-19-7-8-23(13-20(19)2)21(3)45-42-22-9-11-26-16-29-18-28-14-24-5-4-6-25-15-30-17-27(12-10-22)43(46)36(30)39-32(25)31(24)37-33(28)34(29)38(35(26)42)41(40(37)39)44(45)47/h4,6-9,11-16,21H,5,10,17-18H2,1-3H3/b27-12+. The van der Waals surface area contributed by atoms with Gasteiger partial charge in [-0.15, -0.1) is 0 Å². The summed E-state index contributed by atoms with van der Waals surface area (Å²) in [5.41, 5.74) is 18.2.